The van der Waals surface area contributed by atoms with Gasteiger partial charge >= 0.3 is 11.9 Å². The Hall–Kier alpha value is -5.35. The first-order chi connectivity index (χ1) is 22.3. The molecule has 26 heteroatoms. The molecule has 0 atom stereocenters. The highest BCUT2D eigenvalue weighted by Crippen LogP contribution is 2.33. The second-order valence-electron chi connectivity index (χ2n) is 9.32. The first kappa shape index (κ1) is 36.5. The van der Waals surface area contributed by atoms with Crippen molar-refractivity contribution < 1.29 is 76.5 Å². The molecule has 0 aliphatic carbocycles. The lowest BCUT2D eigenvalue weighted by Gasteiger charge is -2.15. The van der Waals surface area contributed by atoms with Gasteiger partial charge < -0.3 is 10.2 Å². The maximum atomic E-state index is 13.2. The standard InChI is InChI=1S/C23H16N4O18S4/c28-20-12(18(22(30)31)24-26(20)14-8-10(46(34,35)36)4-6-16(14)48(40,41)42)2-1-3-13-19(23(32)33)25-27(21(13)29)15-9-11(47(37,38)39)5-7-17(15)49(43,44)45/h1-9,24H,(H,30,31)(H,32,33)(H,34,35,36)(H,37,38,39)(H,40,41,42)(H,43,44,45)/b2-1+,13-3-. The van der Waals surface area contributed by atoms with Gasteiger partial charge in [0.1, 0.15) is 9.79 Å². The number of hydrazone groups is 1. The average molecular weight is 765 g/mol. The summed E-state index contributed by atoms with van der Waals surface area (Å²) in [5, 5.41) is 24.7. The minimum atomic E-state index is -5.24. The molecule has 1 aromatic heterocycles. The number of hydrogen-bond acceptors (Lipinski definition) is 13. The number of carboxylic acid groups (broad SMARTS) is 2. The molecule has 1 amide bonds. The van der Waals surface area contributed by atoms with E-state index in [1.165, 1.54) is 0 Å². The molecular formula is C23H16N4O18S4. The number of carboxylic acids is 2. The Morgan fingerprint density at radius 3 is 1.65 bits per heavy atom. The topological polar surface area (TPSA) is 363 Å². The van der Waals surface area contributed by atoms with E-state index in [1.807, 2.05) is 5.10 Å². The number of aromatic nitrogens is 2. The van der Waals surface area contributed by atoms with Crippen molar-refractivity contribution in [3.05, 3.63) is 75.7 Å². The number of anilines is 1. The van der Waals surface area contributed by atoms with Gasteiger partial charge in [-0.3, -0.25) is 32.9 Å². The zero-order chi connectivity index (χ0) is 37.0. The normalized spacial score (nSPS) is 15.3. The van der Waals surface area contributed by atoms with Crippen molar-refractivity contribution in [1.29, 1.82) is 0 Å². The van der Waals surface area contributed by atoms with Gasteiger partial charge in [0.2, 0.25) is 0 Å². The molecular weight excluding hydrogens is 749 g/mol. The molecule has 1 aliphatic rings. The van der Waals surface area contributed by atoms with E-state index in [0.29, 0.717) is 54.6 Å². The van der Waals surface area contributed by atoms with E-state index in [-0.39, 0.29) is 9.69 Å². The number of H-pyrrole nitrogens is 1. The van der Waals surface area contributed by atoms with E-state index in [9.17, 15) is 81.3 Å². The summed E-state index contributed by atoms with van der Waals surface area (Å²) in [6.45, 7) is 0. The molecule has 0 saturated carbocycles. The van der Waals surface area contributed by atoms with Crippen molar-refractivity contribution in [1.82, 2.24) is 9.78 Å². The Balaban J connectivity index is 1.88. The number of aromatic carboxylic acids is 1. The quantitative estimate of drug-likeness (QED) is 0.0988. The van der Waals surface area contributed by atoms with Gasteiger partial charge in [-0.1, -0.05) is 6.08 Å². The highest BCUT2D eigenvalue weighted by Gasteiger charge is 2.38. The molecule has 3 aromatic rings. The van der Waals surface area contributed by atoms with E-state index in [2.05, 4.69) is 5.10 Å². The number of nitrogens with zero attached hydrogens (tertiary/aromatic N) is 3. The molecule has 0 spiro atoms. The summed E-state index contributed by atoms with van der Waals surface area (Å²) in [6.07, 6.45) is 1.97. The Morgan fingerprint density at radius 1 is 0.714 bits per heavy atom. The predicted octanol–water partition coefficient (Wildman–Crippen LogP) is -0.722. The molecule has 1 aliphatic heterocycles. The molecule has 0 radical (unpaired) electrons. The van der Waals surface area contributed by atoms with Crippen molar-refractivity contribution in [3.63, 3.8) is 0 Å². The fraction of sp³-hybridized carbons (Fsp3) is 0. The van der Waals surface area contributed by atoms with Gasteiger partial charge in [0.15, 0.2) is 11.4 Å². The van der Waals surface area contributed by atoms with Crippen molar-refractivity contribution in [3.8, 4) is 5.69 Å². The van der Waals surface area contributed by atoms with Crippen LogP contribution in [-0.2, 0) is 50.1 Å². The lowest BCUT2D eigenvalue weighted by molar-refractivity contribution is -0.129. The van der Waals surface area contributed by atoms with Gasteiger partial charge in [-0.15, -0.1) is 0 Å². The lowest BCUT2D eigenvalue weighted by Crippen LogP contribution is -2.24. The first-order valence-corrected chi connectivity index (χ1v) is 17.9. The number of carbonyl (C=O) groups excluding carboxylic acids is 1. The number of nitrogens with one attached hydrogen (secondary N) is 1. The monoisotopic (exact) mass is 764 g/mol. The number of benzene rings is 2. The maximum Gasteiger partial charge on any atom is 0.357 e. The molecule has 0 unspecified atom stereocenters. The van der Waals surface area contributed by atoms with Gasteiger partial charge in [-0.25, -0.2) is 14.3 Å². The minimum absolute atomic E-state index is 0.0475. The van der Waals surface area contributed by atoms with Crippen molar-refractivity contribution in [2.24, 2.45) is 5.10 Å². The third kappa shape index (κ3) is 7.24. The third-order valence-corrected chi connectivity index (χ3v) is 9.73. The van der Waals surface area contributed by atoms with Crippen LogP contribution < -0.4 is 10.6 Å². The van der Waals surface area contributed by atoms with Crippen molar-refractivity contribution in [2.45, 2.75) is 19.6 Å². The molecule has 0 fully saturated rings. The number of rotatable bonds is 10. The molecule has 22 nitrogen and oxygen atoms in total. The van der Waals surface area contributed by atoms with E-state index >= 15 is 0 Å². The van der Waals surface area contributed by atoms with E-state index in [1.54, 1.807) is 0 Å². The number of amides is 1. The smallest absolute Gasteiger partial charge is 0.357 e. The maximum absolute atomic E-state index is 13.2. The van der Waals surface area contributed by atoms with Crippen LogP contribution in [0.4, 0.5) is 5.69 Å². The van der Waals surface area contributed by atoms with Crippen LogP contribution in [0.5, 0.6) is 0 Å². The Labute approximate surface area is 272 Å². The van der Waals surface area contributed by atoms with Crippen LogP contribution in [0.2, 0.25) is 0 Å². The number of aromatic amines is 1. The van der Waals surface area contributed by atoms with Crippen LogP contribution in [0.1, 0.15) is 16.1 Å². The summed E-state index contributed by atoms with van der Waals surface area (Å²) in [6, 6.07) is 2.79. The summed E-state index contributed by atoms with van der Waals surface area (Å²) in [5.41, 5.74) is -7.33. The Kier molecular flexibility index (Phi) is 9.14. The molecule has 0 saturated heterocycles. The van der Waals surface area contributed by atoms with Crippen LogP contribution in [-0.4, -0.2) is 95.4 Å². The highest BCUT2D eigenvalue weighted by molar-refractivity contribution is 7.87. The average Bonchev–Trinajstić information content (AvgIpc) is 3.47. The third-order valence-electron chi connectivity index (χ3n) is 6.23. The SMILES string of the molecule is O=C(O)C1=NN(c2cc(S(=O)(=O)O)ccc2S(=O)(=O)O)C(=O)/C1=C\C=C\c1c(C(=O)O)[nH]n(-c2cc(S(=O)(=O)O)ccc2S(=O)(=O)O)c1=O. The minimum Gasteiger partial charge on any atom is -0.477 e. The van der Waals surface area contributed by atoms with Crippen LogP contribution in [0.3, 0.4) is 0 Å². The predicted molar refractivity (Wildman–Crippen MR) is 159 cm³/mol. The molecule has 49 heavy (non-hydrogen) atoms. The van der Waals surface area contributed by atoms with Gasteiger partial charge in [0.25, 0.3) is 51.9 Å². The summed E-state index contributed by atoms with van der Waals surface area (Å²) < 4.78 is 132. The van der Waals surface area contributed by atoms with Crippen LogP contribution in [0.15, 0.2) is 83.6 Å². The Morgan fingerprint density at radius 2 is 1.20 bits per heavy atom. The second-order valence-corrected chi connectivity index (χ2v) is 14.9. The molecule has 260 valence electrons. The molecule has 4 rings (SSSR count). The number of carbonyl (C=O) groups is 3. The number of allylic oxidation sites excluding steroid dienone is 2. The summed E-state index contributed by atoms with van der Waals surface area (Å²) >= 11 is 0. The van der Waals surface area contributed by atoms with Gasteiger partial charge in [-0.05, 0) is 48.6 Å². The summed E-state index contributed by atoms with van der Waals surface area (Å²) in [5.74, 6) is -5.29. The van der Waals surface area contributed by atoms with E-state index < -0.39 is 117 Å². The molecule has 0 bridgehead atoms. The largest absolute Gasteiger partial charge is 0.477 e. The van der Waals surface area contributed by atoms with E-state index in [0.717, 1.165) is 0 Å². The zero-order valence-electron chi connectivity index (χ0n) is 23.3. The van der Waals surface area contributed by atoms with Gasteiger partial charge in [0.05, 0.1) is 32.3 Å². The fourth-order valence-corrected chi connectivity index (χ4v) is 6.46. The lowest BCUT2D eigenvalue weighted by atomic mass is 10.1. The number of hydrogen-bond donors (Lipinski definition) is 7. The fourth-order valence-electron chi connectivity index (χ4n) is 4.16. The molecule has 2 aromatic carbocycles. The summed E-state index contributed by atoms with van der Waals surface area (Å²) in [7, 11) is -20.6. The molecule has 2 heterocycles. The first-order valence-electron chi connectivity index (χ1n) is 12.2. The number of aliphatic carboxylic acids is 1. The van der Waals surface area contributed by atoms with Crippen molar-refractivity contribution >= 4 is 75.8 Å². The second kappa shape index (κ2) is 12.3. The molecule has 7 N–H and O–H groups in total. The highest BCUT2D eigenvalue weighted by atomic mass is 32.2. The van der Waals surface area contributed by atoms with Crippen LogP contribution in [0.25, 0.3) is 11.8 Å². The van der Waals surface area contributed by atoms with Crippen molar-refractivity contribution in [2.75, 3.05) is 5.01 Å². The van der Waals surface area contributed by atoms with E-state index in [4.69, 9.17) is 0 Å². The van der Waals surface area contributed by atoms with Crippen LogP contribution >= 0.6 is 0 Å². The zero-order valence-corrected chi connectivity index (χ0v) is 26.5. The summed E-state index contributed by atoms with van der Waals surface area (Å²) in [4.78, 5) is 46.0. The Bertz CT molecular complexity index is 2600. The van der Waals surface area contributed by atoms with Crippen LogP contribution in [0, 0.1) is 0 Å². The van der Waals surface area contributed by atoms with Gasteiger partial charge in [-0.2, -0.15) is 43.8 Å². The van der Waals surface area contributed by atoms with Gasteiger partial charge in [0, 0.05) is 0 Å².